The fraction of sp³-hybridized carbons (Fsp3) is 0.467. The summed E-state index contributed by atoms with van der Waals surface area (Å²) in [5, 5.41) is 11.6. The normalized spacial score (nSPS) is 16.2. The number of nitriles is 1. The molecule has 0 saturated carbocycles. The lowest BCUT2D eigenvalue weighted by Gasteiger charge is -2.21. The second-order valence-corrected chi connectivity index (χ2v) is 5.44. The van der Waals surface area contributed by atoms with E-state index in [2.05, 4.69) is 15.0 Å². The Kier molecular flexibility index (Phi) is 5.51. The molecule has 0 bridgehead atoms. The molecule has 1 aliphatic heterocycles. The van der Waals surface area contributed by atoms with Crippen molar-refractivity contribution < 1.29 is 22.7 Å². The Morgan fingerprint density at radius 2 is 2.04 bits per heavy atom. The lowest BCUT2D eigenvalue weighted by Crippen LogP contribution is -2.37. The van der Waals surface area contributed by atoms with Crippen molar-refractivity contribution in [2.45, 2.75) is 12.8 Å². The molecule has 0 spiro atoms. The Hall–Kier alpha value is -2.47. The summed E-state index contributed by atoms with van der Waals surface area (Å²) < 4.78 is 40.6. The summed E-state index contributed by atoms with van der Waals surface area (Å²) >= 11 is 0. The highest BCUT2D eigenvalue weighted by Crippen LogP contribution is 2.28. The van der Waals surface area contributed by atoms with Crippen LogP contribution in [0.5, 0.6) is 5.75 Å². The number of hydrogen-bond donors (Lipinski definition) is 1. The van der Waals surface area contributed by atoms with E-state index in [-0.39, 0.29) is 17.3 Å². The molecule has 2 amide bonds. The molecule has 1 heterocycles. The van der Waals surface area contributed by atoms with Gasteiger partial charge in [-0.2, -0.15) is 5.26 Å². The summed E-state index contributed by atoms with van der Waals surface area (Å²) in [7, 11) is 1.97. The summed E-state index contributed by atoms with van der Waals surface area (Å²) in [6.07, 6.45) is -4.04. The van der Waals surface area contributed by atoms with Crippen molar-refractivity contribution in [3.05, 3.63) is 23.8 Å². The third-order valence-electron chi connectivity index (χ3n) is 3.58. The first kappa shape index (κ1) is 17.9. The van der Waals surface area contributed by atoms with Crippen LogP contribution in [0, 0.1) is 11.3 Å². The highest BCUT2D eigenvalue weighted by Gasteiger charge is 2.32. The molecule has 1 N–H and O–H groups in total. The molecule has 9 heteroatoms. The Morgan fingerprint density at radius 1 is 1.29 bits per heavy atom. The highest BCUT2D eigenvalue weighted by molar-refractivity contribution is 5.89. The van der Waals surface area contributed by atoms with Crippen LogP contribution in [0.2, 0.25) is 0 Å². The van der Waals surface area contributed by atoms with Gasteiger partial charge in [0.05, 0.1) is 5.56 Å². The Bertz CT molecular complexity index is 643. The van der Waals surface area contributed by atoms with Crippen molar-refractivity contribution in [1.29, 1.82) is 5.26 Å². The minimum Gasteiger partial charge on any atom is -0.404 e. The van der Waals surface area contributed by atoms with Crippen LogP contribution in [0.15, 0.2) is 18.2 Å². The number of ether oxygens (including phenoxy) is 1. The highest BCUT2D eigenvalue weighted by atomic mass is 19.4. The van der Waals surface area contributed by atoms with E-state index < -0.39 is 12.1 Å². The first-order valence-electron chi connectivity index (χ1n) is 7.33. The molecular weight excluding hydrogens is 325 g/mol. The third-order valence-corrected chi connectivity index (χ3v) is 3.58. The van der Waals surface area contributed by atoms with E-state index in [1.165, 1.54) is 6.07 Å². The molecule has 1 aliphatic rings. The van der Waals surface area contributed by atoms with Crippen LogP contribution in [0.4, 0.5) is 23.7 Å². The quantitative estimate of drug-likeness (QED) is 0.897. The first-order valence-corrected chi connectivity index (χ1v) is 7.33. The van der Waals surface area contributed by atoms with E-state index in [4.69, 9.17) is 5.26 Å². The van der Waals surface area contributed by atoms with Crippen molar-refractivity contribution in [2.75, 3.05) is 38.5 Å². The average Bonchev–Trinajstić information content (AvgIpc) is 2.72. The van der Waals surface area contributed by atoms with E-state index >= 15 is 0 Å². The fourth-order valence-electron chi connectivity index (χ4n) is 2.36. The number of halogens is 3. The van der Waals surface area contributed by atoms with Crippen LogP contribution >= 0.6 is 0 Å². The fourth-order valence-corrected chi connectivity index (χ4v) is 2.36. The molecule has 1 saturated heterocycles. The molecule has 24 heavy (non-hydrogen) atoms. The second-order valence-electron chi connectivity index (χ2n) is 5.44. The number of carbonyl (C=O) groups is 1. The Morgan fingerprint density at radius 3 is 2.71 bits per heavy atom. The molecular formula is C15H17F3N4O2. The van der Waals surface area contributed by atoms with Gasteiger partial charge in [0.1, 0.15) is 11.8 Å². The van der Waals surface area contributed by atoms with Crippen molar-refractivity contribution in [3.63, 3.8) is 0 Å². The maximum absolute atomic E-state index is 12.3. The van der Waals surface area contributed by atoms with E-state index in [0.29, 0.717) is 13.1 Å². The monoisotopic (exact) mass is 342 g/mol. The molecule has 1 aromatic carbocycles. The topological polar surface area (TPSA) is 68.6 Å². The predicted molar refractivity (Wildman–Crippen MR) is 80.5 cm³/mol. The number of nitrogens with zero attached hydrogens (tertiary/aromatic N) is 3. The van der Waals surface area contributed by atoms with Gasteiger partial charge in [0.25, 0.3) is 0 Å². The predicted octanol–water partition coefficient (Wildman–Crippen LogP) is 2.63. The summed E-state index contributed by atoms with van der Waals surface area (Å²) in [5.74, 6) is -0.598. The zero-order valence-electron chi connectivity index (χ0n) is 13.1. The average molecular weight is 342 g/mol. The SMILES string of the molecule is CN1CCCN(C(=O)Nc2ccc(OC(F)(F)F)c(C#N)c2)CC1. The lowest BCUT2D eigenvalue weighted by atomic mass is 10.2. The number of likely N-dealkylation sites (N-methyl/N-ethyl adjacent to an activating group) is 1. The molecule has 0 atom stereocenters. The zero-order chi connectivity index (χ0) is 17.7. The summed E-state index contributed by atoms with van der Waals surface area (Å²) in [6, 6.07) is 4.72. The van der Waals surface area contributed by atoms with Gasteiger partial charge in [-0.3, -0.25) is 0 Å². The Balaban J connectivity index is 2.07. The molecule has 1 fully saturated rings. The molecule has 1 aromatic rings. The summed E-state index contributed by atoms with van der Waals surface area (Å²) in [6.45, 7) is 2.79. The number of amides is 2. The zero-order valence-corrected chi connectivity index (χ0v) is 13.1. The van der Waals surface area contributed by atoms with Crippen molar-refractivity contribution in [3.8, 4) is 11.8 Å². The largest absolute Gasteiger partial charge is 0.573 e. The molecule has 0 radical (unpaired) electrons. The van der Waals surface area contributed by atoms with E-state index in [1.54, 1.807) is 11.0 Å². The minimum absolute atomic E-state index is 0.240. The lowest BCUT2D eigenvalue weighted by molar-refractivity contribution is -0.274. The van der Waals surface area contributed by atoms with Gasteiger partial charge in [-0.1, -0.05) is 0 Å². The standard InChI is InChI=1S/C15H17F3N4O2/c1-21-5-2-6-22(8-7-21)14(23)20-12-3-4-13(11(9-12)10-19)24-15(16,17)18/h3-4,9H,2,5-8H2,1H3,(H,20,23). The van der Waals surface area contributed by atoms with Crippen molar-refractivity contribution in [2.24, 2.45) is 0 Å². The van der Waals surface area contributed by atoms with Gasteiger partial charge in [-0.05, 0) is 38.2 Å². The van der Waals surface area contributed by atoms with Crippen LogP contribution in [-0.4, -0.2) is 55.4 Å². The number of nitrogens with one attached hydrogen (secondary N) is 1. The number of urea groups is 1. The molecule has 130 valence electrons. The van der Waals surface area contributed by atoms with E-state index in [9.17, 15) is 18.0 Å². The minimum atomic E-state index is -4.88. The van der Waals surface area contributed by atoms with Gasteiger partial charge in [-0.25, -0.2) is 4.79 Å². The van der Waals surface area contributed by atoms with Gasteiger partial charge in [0, 0.05) is 25.3 Å². The van der Waals surface area contributed by atoms with Crippen LogP contribution in [0.1, 0.15) is 12.0 Å². The summed E-state index contributed by atoms with van der Waals surface area (Å²) in [5.41, 5.74) is -0.0654. The first-order chi connectivity index (χ1) is 11.3. The number of rotatable bonds is 2. The van der Waals surface area contributed by atoms with Gasteiger partial charge in [-0.15, -0.1) is 13.2 Å². The van der Waals surface area contributed by atoms with Gasteiger partial charge >= 0.3 is 12.4 Å². The molecule has 0 aliphatic carbocycles. The van der Waals surface area contributed by atoms with Gasteiger partial charge < -0.3 is 19.9 Å². The number of benzene rings is 1. The smallest absolute Gasteiger partial charge is 0.404 e. The van der Waals surface area contributed by atoms with Crippen LogP contribution in [0.25, 0.3) is 0 Å². The maximum atomic E-state index is 12.3. The molecule has 0 unspecified atom stereocenters. The van der Waals surface area contributed by atoms with Crippen molar-refractivity contribution in [1.82, 2.24) is 9.80 Å². The number of hydrogen-bond acceptors (Lipinski definition) is 4. The maximum Gasteiger partial charge on any atom is 0.573 e. The molecule has 2 rings (SSSR count). The summed E-state index contributed by atoms with van der Waals surface area (Å²) in [4.78, 5) is 16.0. The van der Waals surface area contributed by atoms with Crippen LogP contribution in [0.3, 0.4) is 0 Å². The number of anilines is 1. The van der Waals surface area contributed by atoms with Gasteiger partial charge in [0.15, 0.2) is 0 Å². The Labute approximate surface area is 137 Å². The number of carbonyl (C=O) groups excluding carboxylic acids is 1. The number of alkyl halides is 3. The van der Waals surface area contributed by atoms with Crippen molar-refractivity contribution >= 4 is 11.7 Å². The van der Waals surface area contributed by atoms with E-state index in [1.807, 2.05) is 7.05 Å². The molecule has 6 nitrogen and oxygen atoms in total. The van der Waals surface area contributed by atoms with Crippen LogP contribution < -0.4 is 10.1 Å². The third kappa shape index (κ3) is 5.03. The second kappa shape index (κ2) is 7.40. The molecule has 0 aromatic heterocycles. The van der Waals surface area contributed by atoms with Gasteiger partial charge in [0.2, 0.25) is 0 Å². The van der Waals surface area contributed by atoms with Crippen LogP contribution in [-0.2, 0) is 0 Å². The van der Waals surface area contributed by atoms with E-state index in [0.717, 1.165) is 31.6 Å².